The van der Waals surface area contributed by atoms with Crippen molar-refractivity contribution in [2.75, 3.05) is 18.5 Å². The number of rotatable bonds is 2. The molecule has 1 amide bonds. The molecule has 0 bridgehead atoms. The van der Waals surface area contributed by atoms with Crippen LogP contribution >= 0.6 is 0 Å². The SMILES string of the molecule is Cc1nc(NC(=O)C2CCCOC2)n[nH]1. The second-order valence-electron chi connectivity index (χ2n) is 3.65. The van der Waals surface area contributed by atoms with Crippen molar-refractivity contribution < 1.29 is 9.53 Å². The van der Waals surface area contributed by atoms with Crippen LogP contribution in [-0.4, -0.2) is 34.3 Å². The highest BCUT2D eigenvalue weighted by molar-refractivity contribution is 5.91. The molecule has 82 valence electrons. The summed E-state index contributed by atoms with van der Waals surface area (Å²) in [6.07, 6.45) is 1.81. The molecule has 1 unspecified atom stereocenters. The average molecular weight is 210 g/mol. The summed E-state index contributed by atoms with van der Waals surface area (Å²) >= 11 is 0. The van der Waals surface area contributed by atoms with Gasteiger partial charge in [-0.05, 0) is 19.8 Å². The fraction of sp³-hybridized carbons (Fsp3) is 0.667. The van der Waals surface area contributed by atoms with Crippen molar-refractivity contribution in [2.24, 2.45) is 5.92 Å². The van der Waals surface area contributed by atoms with Gasteiger partial charge in [-0.1, -0.05) is 0 Å². The summed E-state index contributed by atoms with van der Waals surface area (Å²) in [6.45, 7) is 3.03. The zero-order chi connectivity index (χ0) is 10.7. The number of amides is 1. The van der Waals surface area contributed by atoms with Gasteiger partial charge in [0.05, 0.1) is 12.5 Å². The molecule has 0 saturated carbocycles. The first-order valence-corrected chi connectivity index (χ1v) is 5.03. The second kappa shape index (κ2) is 4.39. The predicted molar refractivity (Wildman–Crippen MR) is 53.3 cm³/mol. The Morgan fingerprint density at radius 3 is 3.13 bits per heavy atom. The lowest BCUT2D eigenvalue weighted by molar-refractivity contribution is -0.123. The lowest BCUT2D eigenvalue weighted by atomic mass is 10.0. The van der Waals surface area contributed by atoms with Crippen molar-refractivity contribution in [3.05, 3.63) is 5.82 Å². The third kappa shape index (κ3) is 2.53. The molecule has 1 atom stereocenters. The molecule has 2 rings (SSSR count). The summed E-state index contributed by atoms with van der Waals surface area (Å²) in [4.78, 5) is 15.7. The van der Waals surface area contributed by atoms with Gasteiger partial charge in [-0.2, -0.15) is 4.98 Å². The van der Waals surface area contributed by atoms with E-state index in [-0.39, 0.29) is 11.8 Å². The zero-order valence-electron chi connectivity index (χ0n) is 8.62. The van der Waals surface area contributed by atoms with E-state index >= 15 is 0 Å². The smallest absolute Gasteiger partial charge is 0.248 e. The molecule has 1 aliphatic rings. The number of aryl methyl sites for hydroxylation is 1. The molecule has 2 N–H and O–H groups in total. The van der Waals surface area contributed by atoms with Crippen LogP contribution in [0.2, 0.25) is 0 Å². The normalized spacial score (nSPS) is 21.3. The second-order valence-corrected chi connectivity index (χ2v) is 3.65. The Kier molecular flexibility index (Phi) is 2.96. The van der Waals surface area contributed by atoms with Gasteiger partial charge in [0.1, 0.15) is 5.82 Å². The van der Waals surface area contributed by atoms with E-state index < -0.39 is 0 Å². The van der Waals surface area contributed by atoms with Gasteiger partial charge in [0.2, 0.25) is 11.9 Å². The van der Waals surface area contributed by atoms with Gasteiger partial charge in [-0.15, -0.1) is 5.10 Å². The number of ether oxygens (including phenoxy) is 1. The van der Waals surface area contributed by atoms with Crippen LogP contribution in [-0.2, 0) is 9.53 Å². The lowest BCUT2D eigenvalue weighted by Gasteiger charge is -2.20. The minimum Gasteiger partial charge on any atom is -0.381 e. The van der Waals surface area contributed by atoms with Crippen LogP contribution < -0.4 is 5.32 Å². The Hall–Kier alpha value is -1.43. The Morgan fingerprint density at radius 2 is 2.53 bits per heavy atom. The van der Waals surface area contributed by atoms with E-state index in [2.05, 4.69) is 20.5 Å². The van der Waals surface area contributed by atoms with Crippen LogP contribution in [0.5, 0.6) is 0 Å². The third-order valence-electron chi connectivity index (χ3n) is 2.36. The molecule has 0 radical (unpaired) electrons. The summed E-state index contributed by atoms with van der Waals surface area (Å²) in [5, 5.41) is 9.17. The summed E-state index contributed by atoms with van der Waals surface area (Å²) in [6, 6.07) is 0. The van der Waals surface area contributed by atoms with Crippen molar-refractivity contribution in [3.8, 4) is 0 Å². The Bertz CT molecular complexity index is 344. The Labute approximate surface area is 87.4 Å². The fourth-order valence-electron chi connectivity index (χ4n) is 1.56. The highest BCUT2D eigenvalue weighted by Gasteiger charge is 2.22. The van der Waals surface area contributed by atoms with Gasteiger partial charge in [0, 0.05) is 6.61 Å². The number of aromatic nitrogens is 3. The monoisotopic (exact) mass is 210 g/mol. The number of nitrogens with zero attached hydrogens (tertiary/aromatic N) is 2. The maximum atomic E-state index is 11.7. The van der Waals surface area contributed by atoms with Gasteiger partial charge >= 0.3 is 0 Å². The minimum atomic E-state index is -0.0717. The zero-order valence-corrected chi connectivity index (χ0v) is 8.62. The van der Waals surface area contributed by atoms with Crippen molar-refractivity contribution in [2.45, 2.75) is 19.8 Å². The molecule has 0 aliphatic carbocycles. The molecule has 15 heavy (non-hydrogen) atoms. The van der Waals surface area contributed by atoms with Crippen molar-refractivity contribution in [1.29, 1.82) is 0 Å². The topological polar surface area (TPSA) is 79.9 Å². The van der Waals surface area contributed by atoms with Gasteiger partial charge < -0.3 is 4.74 Å². The van der Waals surface area contributed by atoms with E-state index in [1.54, 1.807) is 6.92 Å². The van der Waals surface area contributed by atoms with Crippen LogP contribution in [0.3, 0.4) is 0 Å². The molecule has 2 heterocycles. The Morgan fingerprint density at radius 1 is 1.67 bits per heavy atom. The molecule has 6 heteroatoms. The molecule has 0 spiro atoms. The molecule has 1 aliphatic heterocycles. The van der Waals surface area contributed by atoms with E-state index in [0.717, 1.165) is 19.4 Å². The number of hydrogen-bond donors (Lipinski definition) is 2. The van der Waals surface area contributed by atoms with Crippen LogP contribution in [0, 0.1) is 12.8 Å². The number of anilines is 1. The van der Waals surface area contributed by atoms with Crippen LogP contribution in [0.4, 0.5) is 5.95 Å². The first kappa shape index (κ1) is 10.1. The van der Waals surface area contributed by atoms with Crippen LogP contribution in [0.25, 0.3) is 0 Å². The number of hydrogen-bond acceptors (Lipinski definition) is 4. The molecule has 1 fully saturated rings. The predicted octanol–water partition coefficient (Wildman–Crippen LogP) is 0.478. The maximum Gasteiger partial charge on any atom is 0.248 e. The number of carbonyl (C=O) groups excluding carboxylic acids is 1. The van der Waals surface area contributed by atoms with Crippen molar-refractivity contribution >= 4 is 11.9 Å². The molecule has 1 aromatic rings. The number of aromatic amines is 1. The summed E-state index contributed by atoms with van der Waals surface area (Å²) in [5.74, 6) is 0.888. The standard InChI is InChI=1S/C9H14N4O2/c1-6-10-9(13-12-6)11-8(14)7-3-2-4-15-5-7/h7H,2-5H2,1H3,(H2,10,11,12,13,14). The lowest BCUT2D eigenvalue weighted by Crippen LogP contribution is -2.30. The number of carbonyl (C=O) groups is 1. The quantitative estimate of drug-likeness (QED) is 0.744. The van der Waals surface area contributed by atoms with E-state index in [1.807, 2.05) is 0 Å². The molecule has 6 nitrogen and oxygen atoms in total. The van der Waals surface area contributed by atoms with E-state index in [9.17, 15) is 4.79 Å². The van der Waals surface area contributed by atoms with E-state index in [0.29, 0.717) is 18.4 Å². The van der Waals surface area contributed by atoms with Gasteiger partial charge in [-0.25, -0.2) is 0 Å². The van der Waals surface area contributed by atoms with Gasteiger partial charge in [-0.3, -0.25) is 15.2 Å². The van der Waals surface area contributed by atoms with E-state index in [4.69, 9.17) is 4.74 Å². The van der Waals surface area contributed by atoms with Crippen LogP contribution in [0.15, 0.2) is 0 Å². The average Bonchev–Trinajstić information content (AvgIpc) is 2.65. The third-order valence-corrected chi connectivity index (χ3v) is 2.36. The largest absolute Gasteiger partial charge is 0.381 e. The van der Waals surface area contributed by atoms with Crippen molar-refractivity contribution in [1.82, 2.24) is 15.2 Å². The Balaban J connectivity index is 1.91. The molecule has 0 aromatic carbocycles. The maximum absolute atomic E-state index is 11.7. The highest BCUT2D eigenvalue weighted by Crippen LogP contribution is 2.14. The summed E-state index contributed by atoms with van der Waals surface area (Å²) in [5.41, 5.74) is 0. The minimum absolute atomic E-state index is 0.0614. The number of nitrogens with one attached hydrogen (secondary N) is 2. The van der Waals surface area contributed by atoms with Crippen LogP contribution in [0.1, 0.15) is 18.7 Å². The van der Waals surface area contributed by atoms with Crippen molar-refractivity contribution in [3.63, 3.8) is 0 Å². The van der Waals surface area contributed by atoms with Gasteiger partial charge in [0.25, 0.3) is 0 Å². The highest BCUT2D eigenvalue weighted by atomic mass is 16.5. The molecule has 1 aromatic heterocycles. The first-order chi connectivity index (χ1) is 7.25. The molecular weight excluding hydrogens is 196 g/mol. The van der Waals surface area contributed by atoms with Gasteiger partial charge in [0.15, 0.2) is 0 Å². The number of H-pyrrole nitrogens is 1. The van der Waals surface area contributed by atoms with E-state index in [1.165, 1.54) is 0 Å². The molecule has 1 saturated heterocycles. The first-order valence-electron chi connectivity index (χ1n) is 5.03. The fourth-order valence-corrected chi connectivity index (χ4v) is 1.56. The molecular formula is C9H14N4O2. The summed E-state index contributed by atoms with van der Waals surface area (Å²) in [7, 11) is 0. The summed E-state index contributed by atoms with van der Waals surface area (Å²) < 4.78 is 5.24.